The van der Waals surface area contributed by atoms with Gasteiger partial charge in [-0.1, -0.05) is 0 Å². The van der Waals surface area contributed by atoms with E-state index in [4.69, 9.17) is 0 Å². The van der Waals surface area contributed by atoms with Crippen molar-refractivity contribution >= 4 is 4.21 Å². The molecule has 0 saturated heterocycles. The molecule has 0 nitrogen and oxygen atoms in total. The Morgan fingerprint density at radius 3 is 1.56 bits per heavy atom. The maximum absolute atomic E-state index is 4.50. The van der Waals surface area contributed by atoms with E-state index in [0.717, 1.165) is 0 Å². The largest absolute Gasteiger partial charge is 1.00 e. The van der Waals surface area contributed by atoms with Crippen LogP contribution in [0.15, 0.2) is 42.0 Å². The zero-order valence-corrected chi connectivity index (χ0v) is 13.7. The van der Waals surface area contributed by atoms with Crippen LogP contribution >= 0.6 is 0 Å². The van der Waals surface area contributed by atoms with Gasteiger partial charge in [-0.05, 0) is 0 Å². The van der Waals surface area contributed by atoms with Crippen LogP contribution in [0, 0.1) is 0 Å². The first-order valence-electron chi connectivity index (χ1n) is 5.12. The summed E-state index contributed by atoms with van der Waals surface area (Å²) in [5, 5.41) is 0. The van der Waals surface area contributed by atoms with Gasteiger partial charge < -0.3 is 24.8 Å². The topological polar surface area (TPSA) is 0 Å². The molecule has 0 spiro atoms. The molecular weight excluding hydrogens is 318 g/mol. The smallest absolute Gasteiger partial charge is 1.00 e. The summed E-state index contributed by atoms with van der Waals surface area (Å²) in [4.78, 5) is 0. The molecular formula is C13H16Cl2Zr. The molecule has 0 unspecified atom stereocenters. The van der Waals surface area contributed by atoms with E-state index in [1.54, 1.807) is 6.56 Å². The fourth-order valence-electron chi connectivity index (χ4n) is 2.13. The summed E-state index contributed by atoms with van der Waals surface area (Å²) >= 11 is -1.63. The molecule has 2 aliphatic carbocycles. The van der Waals surface area contributed by atoms with Gasteiger partial charge in [0.1, 0.15) is 0 Å². The summed E-state index contributed by atoms with van der Waals surface area (Å²) in [5.41, 5.74) is 3.00. The Morgan fingerprint density at radius 1 is 0.938 bits per heavy atom. The third-order valence-electron chi connectivity index (χ3n) is 3.06. The zero-order chi connectivity index (χ0) is 10.1. The summed E-state index contributed by atoms with van der Waals surface area (Å²) < 4.78 is 7.90. The quantitative estimate of drug-likeness (QED) is 0.524. The molecule has 0 aromatic rings. The van der Waals surface area contributed by atoms with Crippen molar-refractivity contribution < 1.29 is 46.1 Å². The Hall–Kier alpha value is 0.293. The van der Waals surface area contributed by atoms with Crippen molar-refractivity contribution in [2.75, 3.05) is 0 Å². The van der Waals surface area contributed by atoms with Gasteiger partial charge in [-0.2, -0.15) is 0 Å². The summed E-state index contributed by atoms with van der Waals surface area (Å²) in [6.07, 6.45) is 11.5. The number of rotatable bonds is 2. The van der Waals surface area contributed by atoms with Gasteiger partial charge in [0.25, 0.3) is 0 Å². The van der Waals surface area contributed by atoms with Gasteiger partial charge in [0, 0.05) is 0 Å². The average molecular weight is 334 g/mol. The number of allylic oxidation sites excluding steroid dienone is 8. The van der Waals surface area contributed by atoms with Gasteiger partial charge in [0.05, 0.1) is 0 Å². The van der Waals surface area contributed by atoms with Crippen LogP contribution in [-0.4, -0.2) is 4.21 Å². The van der Waals surface area contributed by atoms with E-state index in [2.05, 4.69) is 42.4 Å². The standard InChI is InChI=1S/2C6H7.CH2.2ClH.Zr/c2*1-6-4-2-3-5-6;;;;/h2*2,4H,3H2,1H3;1H2;2*1H;/q;;;;;+2/p-2. The van der Waals surface area contributed by atoms with E-state index in [1.807, 2.05) is 0 Å². The van der Waals surface area contributed by atoms with Crippen LogP contribution in [0.3, 0.4) is 0 Å². The fraction of sp³-hybridized carbons (Fsp3) is 0.308. The molecule has 0 N–H and O–H groups in total. The van der Waals surface area contributed by atoms with Crippen LogP contribution in [0.4, 0.5) is 0 Å². The number of halogens is 2. The van der Waals surface area contributed by atoms with E-state index >= 15 is 0 Å². The summed E-state index contributed by atoms with van der Waals surface area (Å²) in [6.45, 7) is 4.48. The molecule has 0 aliphatic heterocycles. The third-order valence-corrected chi connectivity index (χ3v) is 9.58. The van der Waals surface area contributed by atoms with Crippen molar-refractivity contribution in [3.63, 3.8) is 0 Å². The Morgan fingerprint density at radius 2 is 1.31 bits per heavy atom. The SMILES string of the molecule is [CH2]=[Zr+2]([C]1=C(C)C=CC1)[C]1=C(C)C=CC1.[Cl-].[Cl-]. The van der Waals surface area contributed by atoms with Crippen molar-refractivity contribution in [3.8, 4) is 0 Å². The molecule has 0 atom stereocenters. The second-order valence-corrected chi connectivity index (χ2v) is 9.33. The maximum atomic E-state index is 4.50. The third kappa shape index (κ3) is 3.16. The first kappa shape index (κ1) is 16.3. The van der Waals surface area contributed by atoms with Crippen molar-refractivity contribution in [2.45, 2.75) is 26.7 Å². The van der Waals surface area contributed by atoms with E-state index in [1.165, 1.54) is 24.0 Å². The van der Waals surface area contributed by atoms with Crippen LogP contribution in [0.5, 0.6) is 0 Å². The van der Waals surface area contributed by atoms with Crippen LogP contribution < -0.4 is 24.8 Å². The number of hydrogen-bond acceptors (Lipinski definition) is 0. The molecule has 0 fully saturated rings. The molecule has 0 radical (unpaired) electrons. The van der Waals surface area contributed by atoms with Crippen LogP contribution in [-0.2, 0) is 21.3 Å². The van der Waals surface area contributed by atoms with Crippen LogP contribution in [0.25, 0.3) is 0 Å². The van der Waals surface area contributed by atoms with Gasteiger partial charge >= 0.3 is 94.2 Å². The normalized spacial score (nSPS) is 17.1. The van der Waals surface area contributed by atoms with E-state index in [9.17, 15) is 0 Å². The van der Waals surface area contributed by atoms with Gasteiger partial charge in [0.2, 0.25) is 0 Å². The molecule has 16 heavy (non-hydrogen) atoms. The van der Waals surface area contributed by atoms with Gasteiger partial charge in [-0.3, -0.25) is 0 Å². The van der Waals surface area contributed by atoms with E-state index < -0.39 is 21.3 Å². The molecule has 0 aromatic carbocycles. The molecule has 0 amide bonds. The summed E-state index contributed by atoms with van der Waals surface area (Å²) in [6, 6.07) is 0. The molecule has 86 valence electrons. The first-order chi connectivity index (χ1) is 6.70. The molecule has 3 heteroatoms. The van der Waals surface area contributed by atoms with Crippen molar-refractivity contribution in [1.29, 1.82) is 0 Å². The van der Waals surface area contributed by atoms with Crippen molar-refractivity contribution in [3.05, 3.63) is 42.0 Å². The van der Waals surface area contributed by atoms with Gasteiger partial charge in [-0.25, -0.2) is 0 Å². The molecule has 0 heterocycles. The van der Waals surface area contributed by atoms with Crippen LogP contribution in [0.2, 0.25) is 0 Å². The average Bonchev–Trinajstić information content (AvgIpc) is 2.73. The summed E-state index contributed by atoms with van der Waals surface area (Å²) in [7, 11) is 0. The minimum absolute atomic E-state index is 0. The van der Waals surface area contributed by atoms with Crippen molar-refractivity contribution in [1.82, 2.24) is 0 Å². The van der Waals surface area contributed by atoms with Gasteiger partial charge in [0.15, 0.2) is 0 Å². The maximum Gasteiger partial charge on any atom is -1.00 e. The predicted molar refractivity (Wildman–Crippen MR) is 60.0 cm³/mol. The van der Waals surface area contributed by atoms with Gasteiger partial charge in [-0.15, -0.1) is 0 Å². The molecule has 2 aliphatic rings. The Bertz CT molecular complexity index is 374. The monoisotopic (exact) mass is 332 g/mol. The summed E-state index contributed by atoms with van der Waals surface area (Å²) in [5.74, 6) is 0. The second kappa shape index (κ2) is 6.89. The minimum atomic E-state index is -1.63. The first-order valence-corrected chi connectivity index (χ1v) is 9.32. The minimum Gasteiger partial charge on any atom is -1.00 e. The molecule has 0 saturated carbocycles. The fourth-order valence-corrected chi connectivity index (χ4v) is 7.57. The molecule has 0 aromatic heterocycles. The Balaban J connectivity index is 0.00000112. The van der Waals surface area contributed by atoms with Crippen LogP contribution in [0.1, 0.15) is 26.7 Å². The van der Waals surface area contributed by atoms with E-state index in [-0.39, 0.29) is 24.8 Å². The van der Waals surface area contributed by atoms with Crippen molar-refractivity contribution in [2.24, 2.45) is 0 Å². The number of hydrogen-bond donors (Lipinski definition) is 0. The predicted octanol–water partition coefficient (Wildman–Crippen LogP) is -2.49. The molecule has 0 bridgehead atoms. The Labute approximate surface area is 118 Å². The zero-order valence-electron chi connectivity index (χ0n) is 9.69. The Kier molecular flexibility index (Phi) is 7.02. The van der Waals surface area contributed by atoms with E-state index in [0.29, 0.717) is 0 Å². The second-order valence-electron chi connectivity index (χ2n) is 4.01. The molecule has 2 rings (SSSR count).